The van der Waals surface area contributed by atoms with Crippen molar-refractivity contribution in [2.45, 2.75) is 19.9 Å². The average molecular weight is 244 g/mol. The summed E-state index contributed by atoms with van der Waals surface area (Å²) in [5.74, 6) is 0.344. The highest BCUT2D eigenvalue weighted by Gasteiger charge is 2.06. The van der Waals surface area contributed by atoms with Crippen LogP contribution >= 0.6 is 22.9 Å². The van der Waals surface area contributed by atoms with Crippen LogP contribution in [0.4, 0.5) is 5.82 Å². The molecule has 7 heteroatoms. The SMILES string of the molecule is CCc1nnc(Cn2cc(Cl)c(N)n2)s1. The van der Waals surface area contributed by atoms with Crippen LogP contribution in [0.2, 0.25) is 5.02 Å². The minimum atomic E-state index is 0.344. The van der Waals surface area contributed by atoms with E-state index >= 15 is 0 Å². The van der Waals surface area contributed by atoms with Crippen molar-refractivity contribution in [3.05, 3.63) is 21.2 Å². The summed E-state index contributed by atoms with van der Waals surface area (Å²) in [5, 5.41) is 14.5. The van der Waals surface area contributed by atoms with Gasteiger partial charge < -0.3 is 5.73 Å². The van der Waals surface area contributed by atoms with Gasteiger partial charge >= 0.3 is 0 Å². The van der Waals surface area contributed by atoms with Crippen LogP contribution in [-0.2, 0) is 13.0 Å². The van der Waals surface area contributed by atoms with Gasteiger partial charge in [0.2, 0.25) is 0 Å². The molecule has 0 saturated heterocycles. The Morgan fingerprint density at radius 3 is 2.73 bits per heavy atom. The molecule has 0 aromatic carbocycles. The van der Waals surface area contributed by atoms with Gasteiger partial charge in [0.25, 0.3) is 0 Å². The fourth-order valence-corrected chi connectivity index (χ4v) is 2.05. The molecule has 2 aromatic heterocycles. The molecule has 0 aliphatic carbocycles. The summed E-state index contributed by atoms with van der Waals surface area (Å²) in [5.41, 5.74) is 5.53. The number of rotatable bonds is 3. The summed E-state index contributed by atoms with van der Waals surface area (Å²) in [6, 6.07) is 0. The van der Waals surface area contributed by atoms with Crippen LogP contribution in [0.25, 0.3) is 0 Å². The fraction of sp³-hybridized carbons (Fsp3) is 0.375. The first kappa shape index (κ1) is 10.4. The Bertz CT molecular complexity index is 444. The third-order valence-electron chi connectivity index (χ3n) is 1.85. The minimum absolute atomic E-state index is 0.344. The number of nitrogens with two attached hydrogens (primary N) is 1. The van der Waals surface area contributed by atoms with Crippen LogP contribution in [-0.4, -0.2) is 20.0 Å². The van der Waals surface area contributed by atoms with Gasteiger partial charge in [0.15, 0.2) is 5.82 Å². The van der Waals surface area contributed by atoms with Gasteiger partial charge in [-0.25, -0.2) is 0 Å². The topological polar surface area (TPSA) is 69.6 Å². The van der Waals surface area contributed by atoms with Crippen LogP contribution < -0.4 is 5.73 Å². The molecule has 0 radical (unpaired) electrons. The molecular formula is C8H10ClN5S. The van der Waals surface area contributed by atoms with Gasteiger partial charge in [-0.3, -0.25) is 4.68 Å². The summed E-state index contributed by atoms with van der Waals surface area (Å²) in [6.45, 7) is 2.61. The normalized spacial score (nSPS) is 10.8. The van der Waals surface area contributed by atoms with Crippen molar-refractivity contribution < 1.29 is 0 Å². The maximum Gasteiger partial charge on any atom is 0.164 e. The van der Waals surface area contributed by atoms with Gasteiger partial charge in [-0.1, -0.05) is 29.9 Å². The Morgan fingerprint density at radius 2 is 2.20 bits per heavy atom. The summed E-state index contributed by atoms with van der Waals surface area (Å²) >= 11 is 7.36. The lowest BCUT2D eigenvalue weighted by atomic mass is 10.5. The molecule has 0 saturated carbocycles. The average Bonchev–Trinajstić information content (AvgIpc) is 2.76. The lowest BCUT2D eigenvalue weighted by molar-refractivity contribution is 0.680. The van der Waals surface area contributed by atoms with Crippen molar-refractivity contribution in [3.8, 4) is 0 Å². The Balaban J connectivity index is 2.14. The quantitative estimate of drug-likeness (QED) is 0.889. The Morgan fingerprint density at radius 1 is 1.47 bits per heavy atom. The molecule has 2 N–H and O–H groups in total. The molecule has 0 unspecified atom stereocenters. The highest BCUT2D eigenvalue weighted by atomic mass is 35.5. The third kappa shape index (κ3) is 2.27. The first-order valence-corrected chi connectivity index (χ1v) is 5.68. The van der Waals surface area contributed by atoms with E-state index in [4.69, 9.17) is 17.3 Å². The molecule has 15 heavy (non-hydrogen) atoms. The fourth-order valence-electron chi connectivity index (χ4n) is 1.13. The van der Waals surface area contributed by atoms with Crippen molar-refractivity contribution in [1.82, 2.24) is 20.0 Å². The highest BCUT2D eigenvalue weighted by molar-refractivity contribution is 7.11. The lowest BCUT2D eigenvalue weighted by Gasteiger charge is -1.94. The molecule has 80 valence electrons. The standard InChI is InChI=1S/C8H10ClN5S/c1-2-6-11-12-7(15-6)4-14-3-5(9)8(10)13-14/h3H,2,4H2,1H3,(H2,10,13). The first-order valence-electron chi connectivity index (χ1n) is 4.48. The van der Waals surface area contributed by atoms with Gasteiger partial charge in [0.05, 0.1) is 6.54 Å². The van der Waals surface area contributed by atoms with Crippen LogP contribution in [0.3, 0.4) is 0 Å². The molecule has 5 nitrogen and oxygen atoms in total. The van der Waals surface area contributed by atoms with E-state index < -0.39 is 0 Å². The zero-order valence-corrected chi connectivity index (χ0v) is 9.72. The second-order valence-corrected chi connectivity index (χ2v) is 4.56. The van der Waals surface area contributed by atoms with Gasteiger partial charge in [-0.2, -0.15) is 5.10 Å². The predicted molar refractivity (Wildman–Crippen MR) is 60.0 cm³/mol. The number of aromatic nitrogens is 4. The van der Waals surface area contributed by atoms with E-state index in [2.05, 4.69) is 15.3 Å². The molecule has 2 heterocycles. The molecule has 0 bridgehead atoms. The molecule has 0 aliphatic rings. The van der Waals surface area contributed by atoms with E-state index in [0.29, 0.717) is 17.4 Å². The molecule has 2 aromatic rings. The second-order valence-electron chi connectivity index (χ2n) is 3.00. The van der Waals surface area contributed by atoms with E-state index in [1.807, 2.05) is 6.92 Å². The number of aryl methyl sites for hydroxylation is 1. The molecule has 0 amide bonds. The van der Waals surface area contributed by atoms with Gasteiger partial charge in [-0.05, 0) is 6.42 Å². The van der Waals surface area contributed by atoms with Crippen LogP contribution in [0.15, 0.2) is 6.20 Å². The van der Waals surface area contributed by atoms with E-state index in [1.165, 1.54) is 0 Å². The highest BCUT2D eigenvalue weighted by Crippen LogP contribution is 2.17. The van der Waals surface area contributed by atoms with Crippen molar-refractivity contribution in [2.24, 2.45) is 0 Å². The molecule has 0 spiro atoms. The smallest absolute Gasteiger partial charge is 0.164 e. The van der Waals surface area contributed by atoms with E-state index in [9.17, 15) is 0 Å². The summed E-state index contributed by atoms with van der Waals surface area (Å²) < 4.78 is 1.66. The number of anilines is 1. The Kier molecular flexibility index (Phi) is 2.88. The summed E-state index contributed by atoms with van der Waals surface area (Å²) in [4.78, 5) is 0. The molecule has 0 aliphatic heterocycles. The Labute approximate surface area is 95.9 Å². The number of nitrogen functional groups attached to an aromatic ring is 1. The monoisotopic (exact) mass is 243 g/mol. The first-order chi connectivity index (χ1) is 7.19. The van der Waals surface area contributed by atoms with Gasteiger partial charge in [0.1, 0.15) is 15.0 Å². The largest absolute Gasteiger partial charge is 0.381 e. The predicted octanol–water partition coefficient (Wildman–Crippen LogP) is 1.58. The van der Waals surface area contributed by atoms with Crippen molar-refractivity contribution >= 4 is 28.8 Å². The zero-order chi connectivity index (χ0) is 10.8. The number of hydrogen-bond donors (Lipinski definition) is 1. The Hall–Kier alpha value is -1.14. The van der Waals surface area contributed by atoms with Crippen molar-refractivity contribution in [2.75, 3.05) is 5.73 Å². The van der Waals surface area contributed by atoms with E-state index in [1.54, 1.807) is 22.2 Å². The van der Waals surface area contributed by atoms with Crippen molar-refractivity contribution in [1.29, 1.82) is 0 Å². The van der Waals surface area contributed by atoms with E-state index in [0.717, 1.165) is 16.4 Å². The van der Waals surface area contributed by atoms with Crippen LogP contribution in [0, 0.1) is 0 Å². The number of nitrogens with zero attached hydrogens (tertiary/aromatic N) is 4. The molecule has 2 rings (SSSR count). The maximum atomic E-state index is 5.79. The molecule has 0 atom stereocenters. The zero-order valence-electron chi connectivity index (χ0n) is 8.14. The van der Waals surface area contributed by atoms with Gasteiger partial charge in [-0.15, -0.1) is 10.2 Å². The summed E-state index contributed by atoms with van der Waals surface area (Å²) in [7, 11) is 0. The molecule has 0 fully saturated rings. The number of halogens is 1. The second kappa shape index (κ2) is 4.16. The minimum Gasteiger partial charge on any atom is -0.381 e. The number of hydrogen-bond acceptors (Lipinski definition) is 5. The molecular weight excluding hydrogens is 234 g/mol. The van der Waals surface area contributed by atoms with E-state index in [-0.39, 0.29) is 0 Å². The lowest BCUT2D eigenvalue weighted by Crippen LogP contribution is -2.00. The van der Waals surface area contributed by atoms with Gasteiger partial charge in [0, 0.05) is 6.20 Å². The van der Waals surface area contributed by atoms with Crippen LogP contribution in [0.5, 0.6) is 0 Å². The third-order valence-corrected chi connectivity index (χ3v) is 3.20. The van der Waals surface area contributed by atoms with Crippen LogP contribution in [0.1, 0.15) is 16.9 Å². The van der Waals surface area contributed by atoms with Crippen molar-refractivity contribution in [3.63, 3.8) is 0 Å². The maximum absolute atomic E-state index is 5.79. The summed E-state index contributed by atoms with van der Waals surface area (Å²) in [6.07, 6.45) is 2.59.